The van der Waals surface area contributed by atoms with Crippen molar-refractivity contribution < 1.29 is 14.4 Å². The molecular weight excluding hydrogens is 594 g/mol. The van der Waals surface area contributed by atoms with Crippen molar-refractivity contribution in [2.75, 3.05) is 5.32 Å². The largest absolute Gasteiger partial charge is 0.366 e. The van der Waals surface area contributed by atoms with Crippen molar-refractivity contribution in [1.82, 2.24) is 4.90 Å². The molecule has 0 radical (unpaired) electrons. The molecular formula is C42H69N3O3. The Labute approximate surface area is 293 Å². The van der Waals surface area contributed by atoms with E-state index in [-0.39, 0.29) is 40.8 Å². The maximum absolute atomic E-state index is 14.7. The van der Waals surface area contributed by atoms with E-state index in [0.717, 1.165) is 96.3 Å². The van der Waals surface area contributed by atoms with Crippen molar-refractivity contribution in [1.29, 1.82) is 0 Å². The number of anilines is 1. The first kappa shape index (κ1) is 38.4. The molecule has 270 valence electrons. The zero-order valence-corrected chi connectivity index (χ0v) is 32.1. The van der Waals surface area contributed by atoms with Crippen LogP contribution < -0.4 is 11.1 Å². The fraction of sp³-hybridized carbons (Fsp3) is 0.786. The number of rotatable bonds is 12. The van der Waals surface area contributed by atoms with Gasteiger partial charge in [-0.1, -0.05) is 81.6 Å². The van der Waals surface area contributed by atoms with Crippen LogP contribution in [0.15, 0.2) is 18.2 Å². The molecule has 0 aliphatic heterocycles. The highest BCUT2D eigenvalue weighted by atomic mass is 16.2. The second-order valence-corrected chi connectivity index (χ2v) is 18.0. The van der Waals surface area contributed by atoms with E-state index < -0.39 is 5.91 Å². The highest BCUT2D eigenvalue weighted by Gasteiger charge is 2.41. The first-order chi connectivity index (χ1) is 22.5. The number of hydrogen-bond acceptors (Lipinski definition) is 3. The average molecular weight is 664 g/mol. The molecule has 0 bridgehead atoms. The SMILES string of the molecule is CCC(C)(C)C1CCC(C(=O)Nc2cc(C(N)=O)cc(C(=O)N([C@H]3CC[C@@H](C(C)(C)CC)CC3)[C@H]3CC[C@@H](C(C)(C)CC)CC3)c2)CC1. The summed E-state index contributed by atoms with van der Waals surface area (Å²) in [5, 5.41) is 3.11. The van der Waals surface area contributed by atoms with Gasteiger partial charge in [0.15, 0.2) is 0 Å². The van der Waals surface area contributed by atoms with Crippen LogP contribution in [0.2, 0.25) is 0 Å². The van der Waals surface area contributed by atoms with E-state index in [0.29, 0.717) is 39.8 Å². The van der Waals surface area contributed by atoms with Crippen LogP contribution in [-0.2, 0) is 4.79 Å². The van der Waals surface area contributed by atoms with Gasteiger partial charge in [0.2, 0.25) is 11.8 Å². The summed E-state index contributed by atoms with van der Waals surface area (Å²) in [6, 6.07) is 5.45. The Morgan fingerprint density at radius 3 is 1.38 bits per heavy atom. The summed E-state index contributed by atoms with van der Waals surface area (Å²) in [5.74, 6) is 1.28. The monoisotopic (exact) mass is 664 g/mol. The Morgan fingerprint density at radius 2 is 1.00 bits per heavy atom. The molecule has 1 aromatic carbocycles. The standard InChI is InChI=1S/C42H69N3O3/c1-10-40(4,5)31-15-13-28(14-16-31)38(47)44-34-26-29(37(43)46)25-30(27-34)39(48)45(35-21-17-32(18-22-35)41(6,7)11-2)36-23-19-33(20-24-36)42(8,9)12-3/h25-28,31-33,35-36H,10-24H2,1-9H3,(H2,43,46)(H,44,47)/t28?,31?,32-,33-,35+,36+. The van der Waals surface area contributed by atoms with Gasteiger partial charge in [0.25, 0.3) is 5.91 Å². The van der Waals surface area contributed by atoms with Crippen LogP contribution in [0, 0.1) is 39.9 Å². The van der Waals surface area contributed by atoms with Gasteiger partial charge in [-0.15, -0.1) is 0 Å². The van der Waals surface area contributed by atoms with Crippen molar-refractivity contribution in [2.45, 2.75) is 171 Å². The molecule has 0 saturated heterocycles. The zero-order chi connectivity index (χ0) is 35.4. The van der Waals surface area contributed by atoms with Crippen LogP contribution in [0.4, 0.5) is 5.69 Å². The molecule has 6 heteroatoms. The van der Waals surface area contributed by atoms with Crippen LogP contribution in [0.25, 0.3) is 0 Å². The lowest BCUT2D eigenvalue weighted by molar-refractivity contribution is -0.121. The van der Waals surface area contributed by atoms with Crippen molar-refractivity contribution >= 4 is 23.4 Å². The maximum Gasteiger partial charge on any atom is 0.254 e. The summed E-state index contributed by atoms with van der Waals surface area (Å²) < 4.78 is 0. The van der Waals surface area contributed by atoms with E-state index in [1.165, 1.54) is 0 Å². The van der Waals surface area contributed by atoms with Crippen molar-refractivity contribution in [3.05, 3.63) is 29.3 Å². The minimum absolute atomic E-state index is 0.0200. The third-order valence-corrected chi connectivity index (χ3v) is 14.3. The molecule has 48 heavy (non-hydrogen) atoms. The van der Waals surface area contributed by atoms with E-state index in [2.05, 4.69) is 72.5 Å². The second-order valence-electron chi connectivity index (χ2n) is 18.0. The van der Waals surface area contributed by atoms with E-state index in [1.807, 2.05) is 0 Å². The highest BCUT2D eigenvalue weighted by molar-refractivity contribution is 6.02. The summed E-state index contributed by atoms with van der Waals surface area (Å²) in [7, 11) is 0. The van der Waals surface area contributed by atoms with Gasteiger partial charge in [0, 0.05) is 34.8 Å². The first-order valence-corrected chi connectivity index (χ1v) is 19.6. The molecule has 6 nitrogen and oxygen atoms in total. The predicted molar refractivity (Wildman–Crippen MR) is 199 cm³/mol. The number of nitrogens with one attached hydrogen (secondary N) is 1. The number of carbonyl (C=O) groups excluding carboxylic acids is 3. The molecule has 3 N–H and O–H groups in total. The molecule has 3 aliphatic carbocycles. The van der Waals surface area contributed by atoms with Gasteiger partial charge >= 0.3 is 0 Å². The number of benzene rings is 1. The Bertz CT molecular complexity index is 1220. The topological polar surface area (TPSA) is 92.5 Å². The third kappa shape index (κ3) is 8.85. The van der Waals surface area contributed by atoms with Gasteiger partial charge in [-0.25, -0.2) is 0 Å². The summed E-state index contributed by atoms with van der Waals surface area (Å²) in [6.07, 6.45) is 15.9. The Balaban J connectivity index is 1.57. The molecule has 3 fully saturated rings. The molecule has 0 heterocycles. The van der Waals surface area contributed by atoms with Gasteiger partial charge in [-0.05, 0) is 129 Å². The number of carbonyl (C=O) groups is 3. The van der Waals surface area contributed by atoms with Crippen LogP contribution in [0.3, 0.4) is 0 Å². The smallest absolute Gasteiger partial charge is 0.254 e. The lowest BCUT2D eigenvalue weighted by Gasteiger charge is -2.47. The quantitative estimate of drug-likeness (QED) is 0.233. The molecule has 0 atom stereocenters. The first-order valence-electron chi connectivity index (χ1n) is 19.6. The van der Waals surface area contributed by atoms with Crippen LogP contribution in [0.5, 0.6) is 0 Å². The van der Waals surface area contributed by atoms with Crippen LogP contribution in [0.1, 0.15) is 179 Å². The maximum atomic E-state index is 14.7. The van der Waals surface area contributed by atoms with Crippen molar-refractivity contribution in [3.8, 4) is 0 Å². The third-order valence-electron chi connectivity index (χ3n) is 14.3. The fourth-order valence-corrected chi connectivity index (χ4v) is 9.26. The molecule has 0 unspecified atom stereocenters. The minimum atomic E-state index is -0.585. The summed E-state index contributed by atoms with van der Waals surface area (Å²) in [5.41, 5.74) is 7.94. The Kier molecular flexibility index (Phi) is 12.5. The van der Waals surface area contributed by atoms with Crippen LogP contribution >= 0.6 is 0 Å². The molecule has 3 aliphatic rings. The van der Waals surface area contributed by atoms with Crippen molar-refractivity contribution in [2.24, 2.45) is 45.7 Å². The predicted octanol–water partition coefficient (Wildman–Crippen LogP) is 10.4. The molecule has 4 rings (SSSR count). The molecule has 3 amide bonds. The minimum Gasteiger partial charge on any atom is -0.366 e. The molecule has 3 saturated carbocycles. The van der Waals surface area contributed by atoms with Gasteiger partial charge in [0.1, 0.15) is 0 Å². The normalized spacial score (nSPS) is 27.3. The number of nitrogens with zero attached hydrogens (tertiary/aromatic N) is 1. The highest BCUT2D eigenvalue weighted by Crippen LogP contribution is 2.46. The number of primary amides is 1. The molecule has 1 aromatic rings. The van der Waals surface area contributed by atoms with Gasteiger partial charge in [0.05, 0.1) is 0 Å². The number of nitrogens with two attached hydrogens (primary N) is 1. The van der Waals surface area contributed by atoms with E-state index in [4.69, 9.17) is 5.73 Å². The van der Waals surface area contributed by atoms with E-state index in [9.17, 15) is 14.4 Å². The van der Waals surface area contributed by atoms with Crippen molar-refractivity contribution in [3.63, 3.8) is 0 Å². The van der Waals surface area contributed by atoms with Gasteiger partial charge in [-0.2, -0.15) is 0 Å². The van der Waals surface area contributed by atoms with Gasteiger partial charge < -0.3 is 16.0 Å². The number of amides is 3. The Hall–Kier alpha value is -2.37. The lowest BCUT2D eigenvalue weighted by atomic mass is 9.67. The van der Waals surface area contributed by atoms with E-state index in [1.54, 1.807) is 18.2 Å². The Morgan fingerprint density at radius 1 is 0.625 bits per heavy atom. The second kappa shape index (κ2) is 15.7. The zero-order valence-electron chi connectivity index (χ0n) is 32.1. The molecule has 0 spiro atoms. The molecule has 0 aromatic heterocycles. The number of hydrogen-bond donors (Lipinski definition) is 2. The average Bonchev–Trinajstić information content (AvgIpc) is 3.08. The van der Waals surface area contributed by atoms with Crippen LogP contribution in [-0.4, -0.2) is 34.7 Å². The summed E-state index contributed by atoms with van der Waals surface area (Å²) >= 11 is 0. The van der Waals surface area contributed by atoms with Gasteiger partial charge in [-0.3, -0.25) is 14.4 Å². The fourth-order valence-electron chi connectivity index (χ4n) is 9.26. The summed E-state index contributed by atoms with van der Waals surface area (Å²) in [6.45, 7) is 21.1. The summed E-state index contributed by atoms with van der Waals surface area (Å²) in [4.78, 5) is 43.0. The lowest BCUT2D eigenvalue weighted by Crippen LogP contribution is -2.51. The van der Waals surface area contributed by atoms with E-state index >= 15 is 0 Å².